The summed E-state index contributed by atoms with van der Waals surface area (Å²) in [5.74, 6) is 0. The molecule has 0 aliphatic heterocycles. The molecule has 0 fully saturated rings. The van der Waals surface area contributed by atoms with Gasteiger partial charge in [-0.15, -0.1) is 0 Å². The molecule has 1 aromatic rings. The van der Waals surface area contributed by atoms with Gasteiger partial charge >= 0.3 is 0 Å². The Morgan fingerprint density at radius 3 is 2.78 bits per heavy atom. The molecule has 2 nitrogen and oxygen atoms in total. The number of aryl methyl sites for hydroxylation is 1. The maximum absolute atomic E-state index is 10.2. The van der Waals surface area contributed by atoms with Crippen LogP contribution in [0.2, 0.25) is 0 Å². The van der Waals surface area contributed by atoms with Crippen LogP contribution in [0.1, 0.15) is 11.3 Å². The molecule has 0 aliphatic rings. The summed E-state index contributed by atoms with van der Waals surface area (Å²) in [4.78, 5) is 3.88. The van der Waals surface area contributed by atoms with Crippen molar-refractivity contribution < 1.29 is 5.11 Å². The highest BCUT2D eigenvalue weighted by Gasteiger charge is 1.88. The van der Waals surface area contributed by atoms with E-state index in [1.807, 2.05) is 13.0 Å². The molecule has 1 rings (SSSR count). The number of pyridine rings is 1. The Bertz CT molecular complexity index is 181. The van der Waals surface area contributed by atoms with Crippen LogP contribution in [0.15, 0.2) is 18.3 Å². The Balaban J connectivity index is 2.88. The summed E-state index contributed by atoms with van der Waals surface area (Å²) < 4.78 is 0. The molecule has 1 radical (unpaired) electrons. The largest absolute Gasteiger partial charge is 0.258 e. The van der Waals surface area contributed by atoms with Gasteiger partial charge in [-0.2, -0.15) is 0 Å². The first-order valence-electron chi connectivity index (χ1n) is 2.82. The lowest BCUT2D eigenvalue weighted by atomic mass is 10.3. The van der Waals surface area contributed by atoms with Crippen molar-refractivity contribution in [2.24, 2.45) is 0 Å². The molecule has 9 heavy (non-hydrogen) atoms. The molecule has 1 heterocycles. The van der Waals surface area contributed by atoms with Crippen molar-refractivity contribution in [1.29, 1.82) is 0 Å². The summed E-state index contributed by atoms with van der Waals surface area (Å²) in [5, 5.41) is 10.2. The van der Waals surface area contributed by atoms with E-state index in [1.54, 1.807) is 12.3 Å². The first-order chi connectivity index (χ1) is 4.33. The van der Waals surface area contributed by atoms with Gasteiger partial charge in [0.25, 0.3) is 0 Å². The Labute approximate surface area is 54.2 Å². The van der Waals surface area contributed by atoms with Gasteiger partial charge in [-0.3, -0.25) is 4.98 Å². The minimum atomic E-state index is -0.222. The average molecular weight is 122 g/mol. The van der Waals surface area contributed by atoms with Gasteiger partial charge in [0, 0.05) is 6.20 Å². The number of nitrogens with zero attached hydrogens (tertiary/aromatic N) is 1. The second-order valence-electron chi connectivity index (χ2n) is 1.97. The Morgan fingerprint density at radius 2 is 2.33 bits per heavy atom. The summed E-state index contributed by atoms with van der Waals surface area (Å²) in [6.07, 6.45) is 1.70. The molecule has 0 saturated carbocycles. The smallest absolute Gasteiger partial charge is 0.124 e. The van der Waals surface area contributed by atoms with E-state index in [2.05, 4.69) is 4.98 Å². The van der Waals surface area contributed by atoms with Gasteiger partial charge in [-0.05, 0) is 18.6 Å². The third kappa shape index (κ3) is 1.50. The van der Waals surface area contributed by atoms with Crippen LogP contribution in [-0.4, -0.2) is 4.98 Å². The predicted octanol–water partition coefficient (Wildman–Crippen LogP) is 1.32. The van der Waals surface area contributed by atoms with E-state index in [4.69, 9.17) is 0 Å². The number of hydrogen-bond acceptors (Lipinski definition) is 1. The monoisotopic (exact) mass is 122 g/mol. The zero-order valence-electron chi connectivity index (χ0n) is 5.29. The number of aromatic nitrogens is 1. The Hall–Kier alpha value is -0.890. The van der Waals surface area contributed by atoms with Gasteiger partial charge in [-0.25, -0.2) is 5.11 Å². The number of hydrogen-bond donors (Lipinski definition) is 0. The van der Waals surface area contributed by atoms with Crippen LogP contribution in [0.4, 0.5) is 0 Å². The van der Waals surface area contributed by atoms with Crippen molar-refractivity contribution in [2.75, 3.05) is 0 Å². The van der Waals surface area contributed by atoms with Gasteiger partial charge < -0.3 is 0 Å². The lowest BCUT2D eigenvalue weighted by molar-refractivity contribution is 0.174. The van der Waals surface area contributed by atoms with Crippen molar-refractivity contribution >= 4 is 0 Å². The molecule has 0 saturated heterocycles. The predicted molar refractivity (Wildman–Crippen MR) is 33.4 cm³/mol. The fraction of sp³-hybridized carbons (Fsp3) is 0.286. The summed E-state index contributed by atoms with van der Waals surface area (Å²) in [6, 6.07) is 3.64. The standard InChI is InChI=1S/C7H8NO/c1-6-2-3-7(5-9)8-4-6/h2-4H,5H2,1H3. The summed E-state index contributed by atoms with van der Waals surface area (Å²) >= 11 is 0. The van der Waals surface area contributed by atoms with E-state index < -0.39 is 0 Å². The van der Waals surface area contributed by atoms with Gasteiger partial charge in [0.05, 0.1) is 5.69 Å². The highest BCUT2D eigenvalue weighted by molar-refractivity contribution is 5.11. The van der Waals surface area contributed by atoms with E-state index in [-0.39, 0.29) is 6.61 Å². The van der Waals surface area contributed by atoms with Crippen LogP contribution in [0, 0.1) is 6.92 Å². The van der Waals surface area contributed by atoms with Crippen LogP contribution in [0.3, 0.4) is 0 Å². The zero-order valence-corrected chi connectivity index (χ0v) is 5.29. The van der Waals surface area contributed by atoms with E-state index in [9.17, 15) is 5.11 Å². The lowest BCUT2D eigenvalue weighted by Gasteiger charge is -1.91. The van der Waals surface area contributed by atoms with E-state index in [0.29, 0.717) is 5.69 Å². The third-order valence-electron chi connectivity index (χ3n) is 1.12. The molecule has 0 N–H and O–H groups in total. The quantitative estimate of drug-likeness (QED) is 0.553. The Kier molecular flexibility index (Phi) is 1.80. The third-order valence-corrected chi connectivity index (χ3v) is 1.12. The molecule has 1 aromatic heterocycles. The van der Waals surface area contributed by atoms with E-state index in [0.717, 1.165) is 5.56 Å². The van der Waals surface area contributed by atoms with Gasteiger partial charge in [0.15, 0.2) is 0 Å². The molecule has 0 amide bonds. The van der Waals surface area contributed by atoms with Crippen molar-refractivity contribution in [3.63, 3.8) is 0 Å². The van der Waals surface area contributed by atoms with Crippen LogP contribution in [0.5, 0.6) is 0 Å². The van der Waals surface area contributed by atoms with Gasteiger partial charge in [0.1, 0.15) is 6.61 Å². The molecule has 47 valence electrons. The maximum atomic E-state index is 10.2. The van der Waals surface area contributed by atoms with Crippen LogP contribution >= 0.6 is 0 Å². The van der Waals surface area contributed by atoms with Crippen molar-refractivity contribution in [1.82, 2.24) is 4.98 Å². The molecule has 2 heteroatoms. The van der Waals surface area contributed by atoms with Gasteiger partial charge in [-0.1, -0.05) is 6.07 Å². The summed E-state index contributed by atoms with van der Waals surface area (Å²) in [5.41, 5.74) is 1.70. The van der Waals surface area contributed by atoms with Gasteiger partial charge in [0.2, 0.25) is 0 Å². The molecular weight excluding hydrogens is 114 g/mol. The molecule has 0 aliphatic carbocycles. The Morgan fingerprint density at radius 1 is 1.56 bits per heavy atom. The van der Waals surface area contributed by atoms with Crippen molar-refractivity contribution in [3.05, 3.63) is 29.6 Å². The fourth-order valence-corrected chi connectivity index (χ4v) is 0.584. The fourth-order valence-electron chi connectivity index (χ4n) is 0.584. The number of rotatable bonds is 1. The minimum absolute atomic E-state index is 0.222. The molecule has 0 atom stereocenters. The van der Waals surface area contributed by atoms with E-state index in [1.165, 1.54) is 0 Å². The second-order valence-corrected chi connectivity index (χ2v) is 1.97. The minimum Gasteiger partial charge on any atom is -0.258 e. The first kappa shape index (κ1) is 6.23. The van der Waals surface area contributed by atoms with Crippen LogP contribution < -0.4 is 0 Å². The summed E-state index contributed by atoms with van der Waals surface area (Å²) in [7, 11) is 0. The highest BCUT2D eigenvalue weighted by Crippen LogP contribution is 1.96. The zero-order chi connectivity index (χ0) is 6.69. The van der Waals surface area contributed by atoms with Crippen LogP contribution in [-0.2, 0) is 11.7 Å². The topological polar surface area (TPSA) is 32.8 Å². The average Bonchev–Trinajstić information content (AvgIpc) is 1.90. The molecule has 0 aromatic carbocycles. The molecular formula is C7H8NO. The summed E-state index contributed by atoms with van der Waals surface area (Å²) in [6.45, 7) is 1.72. The van der Waals surface area contributed by atoms with Crippen LogP contribution in [0.25, 0.3) is 0 Å². The molecule has 0 spiro atoms. The highest BCUT2D eigenvalue weighted by atomic mass is 16.3. The molecule has 0 bridgehead atoms. The first-order valence-corrected chi connectivity index (χ1v) is 2.82. The normalized spacial score (nSPS) is 9.56. The van der Waals surface area contributed by atoms with Crippen molar-refractivity contribution in [2.45, 2.75) is 13.5 Å². The second kappa shape index (κ2) is 2.60. The SMILES string of the molecule is Cc1ccc(C[O])nc1. The van der Waals surface area contributed by atoms with Crippen molar-refractivity contribution in [3.8, 4) is 0 Å². The maximum Gasteiger partial charge on any atom is 0.124 e. The van der Waals surface area contributed by atoms with E-state index >= 15 is 0 Å². The lowest BCUT2D eigenvalue weighted by Crippen LogP contribution is -1.85. The molecule has 0 unspecified atom stereocenters.